The van der Waals surface area contributed by atoms with Crippen molar-refractivity contribution in [2.75, 3.05) is 11.1 Å². The number of hydrogen-bond acceptors (Lipinski definition) is 3. The maximum Gasteiger partial charge on any atom is 0.412 e. The third-order valence-corrected chi connectivity index (χ3v) is 2.02. The van der Waals surface area contributed by atoms with Gasteiger partial charge in [-0.15, -0.1) is 0 Å². The minimum Gasteiger partial charge on any atom is -0.444 e. The van der Waals surface area contributed by atoms with Crippen molar-refractivity contribution in [2.24, 2.45) is 0 Å². The zero-order valence-electron chi connectivity index (χ0n) is 9.80. The lowest BCUT2D eigenvalue weighted by Crippen LogP contribution is -2.27. The molecule has 0 aliphatic rings. The first-order valence-electron chi connectivity index (χ1n) is 4.93. The Morgan fingerprint density at radius 3 is 2.59 bits per heavy atom. The number of nitrogens with two attached hydrogens (primary N) is 1. The summed E-state index contributed by atoms with van der Waals surface area (Å²) in [5.74, 6) is -0.640. The van der Waals surface area contributed by atoms with Gasteiger partial charge in [-0.05, 0) is 26.8 Å². The molecule has 1 rings (SSSR count). The summed E-state index contributed by atoms with van der Waals surface area (Å²) in [6.07, 6.45) is -0.674. The standard InChI is InChI=1S/C11H14ClFN2O2/c1-11(2,3)17-10(16)15-9-4-6(12)7(13)5-8(9)14/h4-5H,14H2,1-3H3,(H,15,16). The van der Waals surface area contributed by atoms with Gasteiger partial charge in [0.2, 0.25) is 0 Å². The number of nitrogen functional groups attached to an aromatic ring is 1. The maximum atomic E-state index is 13.0. The topological polar surface area (TPSA) is 64.3 Å². The first-order chi connectivity index (χ1) is 7.69. The van der Waals surface area contributed by atoms with E-state index in [4.69, 9.17) is 22.1 Å². The predicted molar refractivity (Wildman–Crippen MR) is 65.7 cm³/mol. The summed E-state index contributed by atoms with van der Waals surface area (Å²) in [6, 6.07) is 2.27. The molecule has 0 unspecified atom stereocenters. The fourth-order valence-electron chi connectivity index (χ4n) is 1.08. The molecule has 0 saturated carbocycles. The number of halogens is 2. The van der Waals surface area contributed by atoms with Crippen LogP contribution in [0.3, 0.4) is 0 Å². The molecule has 0 aliphatic carbocycles. The predicted octanol–water partition coefficient (Wildman–Crippen LogP) is 3.41. The van der Waals surface area contributed by atoms with Crippen LogP contribution < -0.4 is 11.1 Å². The van der Waals surface area contributed by atoms with Gasteiger partial charge in [-0.25, -0.2) is 9.18 Å². The average molecular weight is 261 g/mol. The molecule has 0 spiro atoms. The van der Waals surface area contributed by atoms with E-state index >= 15 is 0 Å². The minimum absolute atomic E-state index is 0.0813. The molecular weight excluding hydrogens is 247 g/mol. The van der Waals surface area contributed by atoms with Crippen molar-refractivity contribution in [1.29, 1.82) is 0 Å². The van der Waals surface area contributed by atoms with E-state index in [2.05, 4.69) is 5.32 Å². The second kappa shape index (κ2) is 4.79. The Hall–Kier alpha value is -1.49. The largest absolute Gasteiger partial charge is 0.444 e. The Morgan fingerprint density at radius 1 is 1.47 bits per heavy atom. The van der Waals surface area contributed by atoms with E-state index < -0.39 is 17.5 Å². The van der Waals surface area contributed by atoms with Gasteiger partial charge in [-0.2, -0.15) is 0 Å². The highest BCUT2D eigenvalue weighted by Crippen LogP contribution is 2.26. The van der Waals surface area contributed by atoms with Crippen molar-refractivity contribution in [3.8, 4) is 0 Å². The van der Waals surface area contributed by atoms with E-state index in [9.17, 15) is 9.18 Å². The first-order valence-corrected chi connectivity index (χ1v) is 5.31. The Labute approximate surface area is 104 Å². The Balaban J connectivity index is 2.82. The molecule has 17 heavy (non-hydrogen) atoms. The lowest BCUT2D eigenvalue weighted by Gasteiger charge is -2.20. The smallest absolute Gasteiger partial charge is 0.412 e. The average Bonchev–Trinajstić information content (AvgIpc) is 2.11. The van der Waals surface area contributed by atoms with Gasteiger partial charge in [-0.1, -0.05) is 11.6 Å². The van der Waals surface area contributed by atoms with Crippen LogP contribution in [-0.2, 0) is 4.74 Å². The second-order valence-electron chi connectivity index (χ2n) is 4.48. The maximum absolute atomic E-state index is 13.0. The summed E-state index contributed by atoms with van der Waals surface area (Å²) >= 11 is 5.58. The Bertz CT molecular complexity index is 444. The molecule has 0 fully saturated rings. The van der Waals surface area contributed by atoms with E-state index in [0.717, 1.165) is 6.07 Å². The van der Waals surface area contributed by atoms with Crippen molar-refractivity contribution in [3.05, 3.63) is 23.0 Å². The molecule has 0 aliphatic heterocycles. The number of carbonyl (C=O) groups excluding carboxylic acids is 1. The van der Waals surface area contributed by atoms with Crippen molar-refractivity contribution in [3.63, 3.8) is 0 Å². The van der Waals surface area contributed by atoms with E-state index in [1.807, 2.05) is 0 Å². The normalized spacial score (nSPS) is 11.1. The monoisotopic (exact) mass is 260 g/mol. The molecule has 1 aromatic rings. The zero-order chi connectivity index (χ0) is 13.2. The van der Waals surface area contributed by atoms with Gasteiger partial charge in [0.05, 0.1) is 16.4 Å². The molecular formula is C11H14ClFN2O2. The van der Waals surface area contributed by atoms with Gasteiger partial charge in [0.25, 0.3) is 0 Å². The Morgan fingerprint density at radius 2 is 2.06 bits per heavy atom. The Kier molecular flexibility index (Phi) is 3.83. The number of carbonyl (C=O) groups is 1. The lowest BCUT2D eigenvalue weighted by atomic mass is 10.2. The molecule has 94 valence electrons. The minimum atomic E-state index is -0.674. The van der Waals surface area contributed by atoms with Crippen molar-refractivity contribution in [2.45, 2.75) is 26.4 Å². The van der Waals surface area contributed by atoms with Crippen LogP contribution in [0.15, 0.2) is 12.1 Å². The van der Waals surface area contributed by atoms with Crippen molar-refractivity contribution >= 4 is 29.1 Å². The highest BCUT2D eigenvalue weighted by molar-refractivity contribution is 6.31. The van der Waals surface area contributed by atoms with Gasteiger partial charge >= 0.3 is 6.09 Å². The molecule has 0 bridgehead atoms. The van der Waals surface area contributed by atoms with Crippen LogP contribution in [-0.4, -0.2) is 11.7 Å². The van der Waals surface area contributed by atoms with Crippen molar-refractivity contribution < 1.29 is 13.9 Å². The number of anilines is 2. The fraction of sp³-hybridized carbons (Fsp3) is 0.364. The van der Waals surface area contributed by atoms with Gasteiger partial charge < -0.3 is 10.5 Å². The van der Waals surface area contributed by atoms with Gasteiger partial charge in [-0.3, -0.25) is 5.32 Å². The lowest BCUT2D eigenvalue weighted by molar-refractivity contribution is 0.0636. The summed E-state index contributed by atoms with van der Waals surface area (Å²) in [7, 11) is 0. The van der Waals surface area contributed by atoms with E-state index in [0.29, 0.717) is 0 Å². The summed E-state index contributed by atoms with van der Waals surface area (Å²) in [5.41, 5.74) is 5.21. The number of hydrogen-bond donors (Lipinski definition) is 2. The fourth-order valence-corrected chi connectivity index (χ4v) is 1.25. The van der Waals surface area contributed by atoms with Crippen LogP contribution in [0.2, 0.25) is 5.02 Å². The SMILES string of the molecule is CC(C)(C)OC(=O)Nc1cc(Cl)c(F)cc1N. The third-order valence-electron chi connectivity index (χ3n) is 1.73. The summed E-state index contributed by atoms with van der Waals surface area (Å²) in [4.78, 5) is 11.5. The van der Waals surface area contributed by atoms with Crippen LogP contribution in [0.25, 0.3) is 0 Å². The molecule has 0 radical (unpaired) electrons. The molecule has 4 nitrogen and oxygen atoms in total. The molecule has 0 atom stereocenters. The summed E-state index contributed by atoms with van der Waals surface area (Å²) in [6.45, 7) is 5.19. The highest BCUT2D eigenvalue weighted by atomic mass is 35.5. The van der Waals surface area contributed by atoms with Crippen LogP contribution in [0.1, 0.15) is 20.8 Å². The quantitative estimate of drug-likeness (QED) is 0.761. The molecule has 1 aromatic carbocycles. The first kappa shape index (κ1) is 13.6. The van der Waals surface area contributed by atoms with Gasteiger partial charge in [0, 0.05) is 6.07 Å². The van der Waals surface area contributed by atoms with Crippen LogP contribution >= 0.6 is 11.6 Å². The molecule has 1 amide bonds. The van der Waals surface area contributed by atoms with Crippen LogP contribution in [0, 0.1) is 5.82 Å². The zero-order valence-corrected chi connectivity index (χ0v) is 10.6. The number of nitrogens with one attached hydrogen (secondary N) is 1. The molecule has 6 heteroatoms. The number of rotatable bonds is 1. The number of amides is 1. The molecule has 0 aromatic heterocycles. The van der Waals surface area contributed by atoms with Gasteiger partial charge in [0.15, 0.2) is 0 Å². The van der Waals surface area contributed by atoms with Crippen LogP contribution in [0.5, 0.6) is 0 Å². The van der Waals surface area contributed by atoms with Gasteiger partial charge in [0.1, 0.15) is 11.4 Å². The molecule has 0 saturated heterocycles. The second-order valence-corrected chi connectivity index (χ2v) is 4.89. The van der Waals surface area contributed by atoms with E-state index in [1.165, 1.54) is 6.07 Å². The summed E-state index contributed by atoms with van der Waals surface area (Å²) < 4.78 is 18.0. The number of ether oxygens (including phenoxy) is 1. The van der Waals surface area contributed by atoms with E-state index in [-0.39, 0.29) is 16.4 Å². The molecule has 0 heterocycles. The third kappa shape index (κ3) is 4.11. The highest BCUT2D eigenvalue weighted by Gasteiger charge is 2.17. The number of benzene rings is 1. The van der Waals surface area contributed by atoms with Crippen LogP contribution in [0.4, 0.5) is 20.6 Å². The van der Waals surface area contributed by atoms with Crippen molar-refractivity contribution in [1.82, 2.24) is 0 Å². The van der Waals surface area contributed by atoms with E-state index in [1.54, 1.807) is 20.8 Å². The molecule has 3 N–H and O–H groups in total. The summed E-state index contributed by atoms with van der Waals surface area (Å²) in [5, 5.41) is 2.28.